The van der Waals surface area contributed by atoms with E-state index in [9.17, 15) is 9.18 Å². The minimum absolute atomic E-state index is 0.133. The van der Waals surface area contributed by atoms with Crippen molar-refractivity contribution in [3.63, 3.8) is 0 Å². The number of aromatic nitrogens is 5. The van der Waals surface area contributed by atoms with Crippen molar-refractivity contribution in [1.82, 2.24) is 24.3 Å². The molecule has 1 saturated carbocycles. The average molecular weight is 371 g/mol. The Kier molecular flexibility index (Phi) is 4.41. The lowest BCUT2D eigenvalue weighted by Gasteiger charge is -2.20. The van der Waals surface area contributed by atoms with E-state index in [1.807, 2.05) is 26.2 Å². The number of ether oxygens (including phenoxy) is 1. The summed E-state index contributed by atoms with van der Waals surface area (Å²) in [7, 11) is 1.84. The number of alkyl halides is 1. The number of fused-ring (bicyclic) bond motifs is 1. The van der Waals surface area contributed by atoms with Crippen LogP contribution in [-0.4, -0.2) is 36.2 Å². The fourth-order valence-electron chi connectivity index (χ4n) is 3.51. The highest BCUT2D eigenvalue weighted by molar-refractivity contribution is 5.86. The lowest BCUT2D eigenvalue weighted by Crippen LogP contribution is -2.22. The Balaban J connectivity index is 1.70. The Labute approximate surface area is 156 Å². The summed E-state index contributed by atoms with van der Waals surface area (Å²) >= 11 is 0. The summed E-state index contributed by atoms with van der Waals surface area (Å²) in [5.74, 6) is 0.945. The zero-order chi connectivity index (χ0) is 19.1. The first kappa shape index (κ1) is 17.6. The first-order valence-corrected chi connectivity index (χ1v) is 9.11. The van der Waals surface area contributed by atoms with E-state index in [0.717, 1.165) is 17.3 Å². The molecule has 0 aliphatic heterocycles. The summed E-state index contributed by atoms with van der Waals surface area (Å²) in [6.07, 6.45) is 5.63. The number of nitrogens with zero attached hydrogens (tertiary/aromatic N) is 5. The zero-order valence-corrected chi connectivity index (χ0v) is 15.6. The van der Waals surface area contributed by atoms with Gasteiger partial charge in [0.2, 0.25) is 5.88 Å². The third-order valence-corrected chi connectivity index (χ3v) is 5.10. The Morgan fingerprint density at radius 2 is 2.11 bits per heavy atom. The van der Waals surface area contributed by atoms with Crippen molar-refractivity contribution < 1.29 is 13.9 Å². The highest BCUT2D eigenvalue weighted by Crippen LogP contribution is 2.32. The predicted molar refractivity (Wildman–Crippen MR) is 98.0 cm³/mol. The van der Waals surface area contributed by atoms with Crippen LogP contribution in [0.25, 0.3) is 22.3 Å². The second-order valence-electron chi connectivity index (χ2n) is 7.19. The molecule has 0 N–H and O–H groups in total. The van der Waals surface area contributed by atoms with Gasteiger partial charge in [-0.15, -0.1) is 0 Å². The predicted octanol–water partition coefficient (Wildman–Crippen LogP) is 3.46. The van der Waals surface area contributed by atoms with Crippen molar-refractivity contribution in [2.24, 2.45) is 13.0 Å². The molecule has 0 radical (unpaired) electrons. The summed E-state index contributed by atoms with van der Waals surface area (Å²) in [5.41, 5.74) is 1.86. The van der Waals surface area contributed by atoms with Gasteiger partial charge in [0.1, 0.15) is 17.6 Å². The van der Waals surface area contributed by atoms with E-state index in [0.29, 0.717) is 30.1 Å². The highest BCUT2D eigenvalue weighted by atomic mass is 19.1. The molecule has 1 aliphatic rings. The van der Waals surface area contributed by atoms with E-state index >= 15 is 0 Å². The first-order chi connectivity index (χ1) is 12.9. The van der Waals surface area contributed by atoms with Crippen LogP contribution >= 0.6 is 0 Å². The van der Waals surface area contributed by atoms with Gasteiger partial charge in [-0.2, -0.15) is 5.10 Å². The summed E-state index contributed by atoms with van der Waals surface area (Å²) in [4.78, 5) is 20.5. The van der Waals surface area contributed by atoms with Gasteiger partial charge in [-0.25, -0.2) is 14.4 Å². The van der Waals surface area contributed by atoms with Crippen LogP contribution in [0.1, 0.15) is 39.4 Å². The summed E-state index contributed by atoms with van der Waals surface area (Å²) in [5, 5.41) is 5.25. The fourth-order valence-corrected chi connectivity index (χ4v) is 3.51. The summed E-state index contributed by atoms with van der Waals surface area (Å²) in [6.45, 7) is 3.42. The molecule has 7 nitrogen and oxygen atoms in total. The molecule has 1 unspecified atom stereocenters. The molecule has 0 aromatic carbocycles. The van der Waals surface area contributed by atoms with Crippen molar-refractivity contribution in [3.05, 3.63) is 24.8 Å². The lowest BCUT2D eigenvalue weighted by atomic mass is 10.0. The molecule has 3 atom stereocenters. The van der Waals surface area contributed by atoms with Crippen LogP contribution in [0.5, 0.6) is 5.88 Å². The van der Waals surface area contributed by atoms with Crippen molar-refractivity contribution in [2.45, 2.75) is 45.5 Å². The van der Waals surface area contributed by atoms with E-state index in [4.69, 9.17) is 4.74 Å². The van der Waals surface area contributed by atoms with E-state index in [-0.39, 0.29) is 17.8 Å². The van der Waals surface area contributed by atoms with E-state index in [1.165, 1.54) is 17.8 Å². The van der Waals surface area contributed by atoms with Gasteiger partial charge in [0.15, 0.2) is 6.30 Å². The molecule has 8 heteroatoms. The van der Waals surface area contributed by atoms with Crippen LogP contribution < -0.4 is 4.74 Å². The maximum atomic E-state index is 13.5. The molecule has 1 fully saturated rings. The van der Waals surface area contributed by atoms with Gasteiger partial charge >= 0.3 is 0 Å². The Bertz CT molecular complexity index is 993. The van der Waals surface area contributed by atoms with E-state index < -0.39 is 6.30 Å². The minimum Gasteiger partial charge on any atom is -0.474 e. The van der Waals surface area contributed by atoms with Crippen molar-refractivity contribution in [2.75, 3.05) is 0 Å². The van der Waals surface area contributed by atoms with Gasteiger partial charge in [-0.1, -0.05) is 0 Å². The second-order valence-corrected chi connectivity index (χ2v) is 7.19. The number of aryl methyl sites for hydroxylation is 1. The van der Waals surface area contributed by atoms with Crippen molar-refractivity contribution in [1.29, 1.82) is 0 Å². The minimum atomic E-state index is -1.17. The molecule has 3 aromatic heterocycles. The standard InChI is InChI=1S/C19H22FN5O2/c1-11(13-4-5-14(26)6-13)27-19-15-8-24(3)23-16(15)7-17(22-19)18-9-25(10-21-18)12(2)20/h7-13H,4-6H2,1-3H3/t11-,12?,13+/m1/s1. The van der Waals surface area contributed by atoms with E-state index in [2.05, 4.69) is 15.1 Å². The maximum Gasteiger partial charge on any atom is 0.225 e. The van der Waals surface area contributed by atoms with Gasteiger partial charge in [0.05, 0.1) is 22.9 Å². The number of pyridine rings is 1. The molecule has 0 bridgehead atoms. The van der Waals surface area contributed by atoms with Gasteiger partial charge in [0, 0.05) is 38.2 Å². The lowest BCUT2D eigenvalue weighted by molar-refractivity contribution is -0.117. The number of carbonyl (C=O) groups is 1. The molecule has 27 heavy (non-hydrogen) atoms. The molecular formula is C19H22FN5O2. The number of Topliss-reactive ketones (excluding diaryl/α,β-unsaturated/α-hetero) is 1. The number of ketones is 1. The number of rotatable bonds is 5. The summed E-state index contributed by atoms with van der Waals surface area (Å²) < 4.78 is 22.8. The van der Waals surface area contributed by atoms with Gasteiger partial charge in [-0.05, 0) is 26.3 Å². The molecule has 142 valence electrons. The van der Waals surface area contributed by atoms with Crippen LogP contribution in [0, 0.1) is 5.92 Å². The highest BCUT2D eigenvalue weighted by Gasteiger charge is 2.29. The number of hydrogen-bond acceptors (Lipinski definition) is 5. The van der Waals surface area contributed by atoms with Crippen LogP contribution in [-0.2, 0) is 11.8 Å². The molecule has 3 aromatic rings. The fraction of sp³-hybridized carbons (Fsp3) is 0.474. The molecule has 0 amide bonds. The Morgan fingerprint density at radius 1 is 1.30 bits per heavy atom. The molecule has 1 aliphatic carbocycles. The van der Waals surface area contributed by atoms with Crippen LogP contribution in [0.2, 0.25) is 0 Å². The molecule has 4 rings (SSSR count). The van der Waals surface area contributed by atoms with Crippen LogP contribution in [0.15, 0.2) is 24.8 Å². The monoisotopic (exact) mass is 371 g/mol. The number of hydrogen-bond donors (Lipinski definition) is 0. The average Bonchev–Trinajstić information content (AvgIpc) is 3.32. The maximum absolute atomic E-state index is 13.5. The van der Waals surface area contributed by atoms with Gasteiger partial charge in [-0.3, -0.25) is 9.48 Å². The first-order valence-electron chi connectivity index (χ1n) is 9.11. The van der Waals surface area contributed by atoms with E-state index in [1.54, 1.807) is 10.9 Å². The number of halogens is 1. The third-order valence-electron chi connectivity index (χ3n) is 5.10. The van der Waals surface area contributed by atoms with Crippen molar-refractivity contribution >= 4 is 16.7 Å². The zero-order valence-electron chi connectivity index (χ0n) is 15.6. The Morgan fingerprint density at radius 3 is 2.78 bits per heavy atom. The SMILES string of the molecule is CC(F)n1cnc(-c2cc3nn(C)cc3c(O[C@H](C)[C@H]3CCC(=O)C3)n2)c1. The number of imidazole rings is 1. The Hall–Kier alpha value is -2.77. The number of carbonyl (C=O) groups excluding carboxylic acids is 1. The second kappa shape index (κ2) is 6.75. The largest absolute Gasteiger partial charge is 0.474 e. The van der Waals surface area contributed by atoms with Crippen LogP contribution in [0.4, 0.5) is 4.39 Å². The molecular weight excluding hydrogens is 349 g/mol. The van der Waals surface area contributed by atoms with Crippen LogP contribution in [0.3, 0.4) is 0 Å². The van der Waals surface area contributed by atoms with Gasteiger partial charge in [0.25, 0.3) is 0 Å². The summed E-state index contributed by atoms with van der Waals surface area (Å²) in [6, 6.07) is 1.82. The smallest absolute Gasteiger partial charge is 0.225 e. The molecule has 0 spiro atoms. The normalized spacial score (nSPS) is 19.6. The van der Waals surface area contributed by atoms with Gasteiger partial charge < -0.3 is 9.30 Å². The molecule has 3 heterocycles. The topological polar surface area (TPSA) is 74.8 Å². The quantitative estimate of drug-likeness (QED) is 0.687. The molecule has 0 saturated heterocycles. The third kappa shape index (κ3) is 3.43. The van der Waals surface area contributed by atoms with Crippen molar-refractivity contribution in [3.8, 4) is 17.3 Å².